The second-order valence-electron chi connectivity index (χ2n) is 7.34. The summed E-state index contributed by atoms with van der Waals surface area (Å²) in [7, 11) is 0. The van der Waals surface area contributed by atoms with Gasteiger partial charge in [-0.2, -0.15) is 0 Å². The molecule has 2 aromatic heterocycles. The van der Waals surface area contributed by atoms with E-state index in [-0.39, 0.29) is 0 Å². The average Bonchev–Trinajstić information content (AvgIpc) is 3.36. The Morgan fingerprint density at radius 1 is 1.00 bits per heavy atom. The Morgan fingerprint density at radius 3 is 2.74 bits per heavy atom. The number of rotatable bonds is 4. The predicted molar refractivity (Wildman–Crippen MR) is 107 cm³/mol. The summed E-state index contributed by atoms with van der Waals surface area (Å²) in [4.78, 5) is 6.14. The molecule has 2 aromatic carbocycles. The van der Waals surface area contributed by atoms with Gasteiger partial charge in [0.25, 0.3) is 0 Å². The Kier molecular flexibility index (Phi) is 4.26. The average molecular weight is 357 g/mol. The van der Waals surface area contributed by atoms with Gasteiger partial charge in [0.1, 0.15) is 5.69 Å². The van der Waals surface area contributed by atoms with Gasteiger partial charge in [0.2, 0.25) is 0 Å². The third kappa shape index (κ3) is 3.28. The van der Waals surface area contributed by atoms with Gasteiger partial charge in [0.05, 0.1) is 12.6 Å². The Morgan fingerprint density at radius 2 is 1.85 bits per heavy atom. The van der Waals surface area contributed by atoms with Crippen LogP contribution in [0.5, 0.6) is 0 Å². The summed E-state index contributed by atoms with van der Waals surface area (Å²) in [6, 6.07) is 23.5. The molecular formula is C23H23N3O. The van der Waals surface area contributed by atoms with Crippen LogP contribution in [-0.2, 0) is 6.54 Å². The van der Waals surface area contributed by atoms with Crippen LogP contribution in [0.25, 0.3) is 22.2 Å². The monoisotopic (exact) mass is 357 g/mol. The Balaban J connectivity index is 1.39. The van der Waals surface area contributed by atoms with Crippen molar-refractivity contribution in [2.24, 2.45) is 0 Å². The topological polar surface area (TPSA) is 45.1 Å². The first-order valence-corrected chi connectivity index (χ1v) is 9.69. The highest BCUT2D eigenvalue weighted by molar-refractivity contribution is 5.80. The number of aromatic nitrogens is 2. The summed E-state index contributed by atoms with van der Waals surface area (Å²) >= 11 is 0. The van der Waals surface area contributed by atoms with E-state index in [0.717, 1.165) is 30.1 Å². The summed E-state index contributed by atoms with van der Waals surface area (Å²) in [5.74, 6) is 0.928. The van der Waals surface area contributed by atoms with Crippen molar-refractivity contribution >= 4 is 10.9 Å². The molecule has 1 atom stereocenters. The SMILES string of the molecule is c1ccc(-c2cc(CN3CCCCC3c3cc4ccccc4[nH]3)on2)cc1. The van der Waals surface area contributed by atoms with Crippen LogP contribution in [0, 0.1) is 0 Å². The van der Waals surface area contributed by atoms with E-state index in [4.69, 9.17) is 4.52 Å². The van der Waals surface area contributed by atoms with Crippen molar-refractivity contribution in [2.45, 2.75) is 31.8 Å². The van der Waals surface area contributed by atoms with Gasteiger partial charge in [-0.15, -0.1) is 0 Å². The van der Waals surface area contributed by atoms with Crippen molar-refractivity contribution in [3.05, 3.63) is 78.2 Å². The molecule has 4 aromatic rings. The first-order valence-electron chi connectivity index (χ1n) is 9.69. The van der Waals surface area contributed by atoms with Crippen LogP contribution < -0.4 is 0 Å². The molecule has 0 aliphatic carbocycles. The lowest BCUT2D eigenvalue weighted by atomic mass is 9.99. The minimum absolute atomic E-state index is 0.399. The predicted octanol–water partition coefficient (Wildman–Crippen LogP) is 5.55. The largest absolute Gasteiger partial charge is 0.359 e. The fraction of sp³-hybridized carbons (Fsp3) is 0.261. The summed E-state index contributed by atoms with van der Waals surface area (Å²) < 4.78 is 5.66. The van der Waals surface area contributed by atoms with Gasteiger partial charge in [-0.1, -0.05) is 60.1 Å². The van der Waals surface area contributed by atoms with Crippen LogP contribution in [0.1, 0.15) is 36.8 Å². The highest BCUT2D eigenvalue weighted by Gasteiger charge is 2.26. The minimum Gasteiger partial charge on any atom is -0.359 e. The number of aromatic amines is 1. The number of hydrogen-bond donors (Lipinski definition) is 1. The number of fused-ring (bicyclic) bond motifs is 1. The van der Waals surface area contributed by atoms with Crippen LogP contribution in [0.4, 0.5) is 0 Å². The van der Waals surface area contributed by atoms with E-state index in [2.05, 4.69) is 63.6 Å². The van der Waals surface area contributed by atoms with E-state index in [9.17, 15) is 0 Å². The number of hydrogen-bond acceptors (Lipinski definition) is 3. The molecular weight excluding hydrogens is 334 g/mol. The summed E-state index contributed by atoms with van der Waals surface area (Å²) in [6.45, 7) is 1.88. The van der Waals surface area contributed by atoms with E-state index >= 15 is 0 Å². The van der Waals surface area contributed by atoms with Gasteiger partial charge >= 0.3 is 0 Å². The zero-order valence-corrected chi connectivity index (χ0v) is 15.3. The van der Waals surface area contributed by atoms with Gasteiger partial charge in [0.15, 0.2) is 5.76 Å². The van der Waals surface area contributed by atoms with Crippen LogP contribution in [0.2, 0.25) is 0 Å². The molecule has 4 heteroatoms. The van der Waals surface area contributed by atoms with Crippen LogP contribution in [-0.4, -0.2) is 21.6 Å². The molecule has 1 N–H and O–H groups in total. The maximum absolute atomic E-state index is 5.66. The van der Waals surface area contributed by atoms with Crippen LogP contribution in [0.15, 0.2) is 71.3 Å². The standard InChI is InChI=1S/C23H23N3O/c1-2-8-17(9-3-1)21-15-19(27-25-21)16-26-13-7-6-12-23(26)22-14-18-10-4-5-11-20(18)24-22/h1-5,8-11,14-15,23-24H,6-7,12-13,16H2. The number of nitrogens with one attached hydrogen (secondary N) is 1. The molecule has 0 bridgehead atoms. The molecule has 0 saturated carbocycles. The lowest BCUT2D eigenvalue weighted by Gasteiger charge is -2.34. The smallest absolute Gasteiger partial charge is 0.151 e. The van der Waals surface area contributed by atoms with Crippen molar-refractivity contribution in [3.8, 4) is 11.3 Å². The molecule has 1 aliphatic heterocycles. The van der Waals surface area contributed by atoms with Crippen molar-refractivity contribution in [1.29, 1.82) is 0 Å². The Labute approximate surface area is 158 Å². The highest BCUT2D eigenvalue weighted by Crippen LogP contribution is 2.33. The molecule has 3 heterocycles. The molecule has 1 fully saturated rings. The van der Waals surface area contributed by atoms with Crippen LogP contribution in [0.3, 0.4) is 0 Å². The number of nitrogens with zero attached hydrogens (tertiary/aromatic N) is 2. The highest BCUT2D eigenvalue weighted by atomic mass is 16.5. The fourth-order valence-corrected chi connectivity index (χ4v) is 4.14. The third-order valence-corrected chi connectivity index (χ3v) is 5.51. The maximum atomic E-state index is 5.66. The van der Waals surface area contributed by atoms with Crippen molar-refractivity contribution in [1.82, 2.24) is 15.0 Å². The second kappa shape index (κ2) is 7.05. The maximum Gasteiger partial charge on any atom is 0.151 e. The van der Waals surface area contributed by atoms with E-state index in [1.165, 1.54) is 35.9 Å². The Hall–Kier alpha value is -2.85. The number of piperidine rings is 1. The van der Waals surface area contributed by atoms with E-state index in [0.29, 0.717) is 6.04 Å². The van der Waals surface area contributed by atoms with Crippen molar-refractivity contribution in [2.75, 3.05) is 6.54 Å². The number of benzene rings is 2. The molecule has 0 amide bonds. The lowest BCUT2D eigenvalue weighted by molar-refractivity contribution is 0.124. The quantitative estimate of drug-likeness (QED) is 0.521. The first kappa shape index (κ1) is 16.3. The van der Waals surface area contributed by atoms with Gasteiger partial charge < -0.3 is 9.51 Å². The van der Waals surface area contributed by atoms with Gasteiger partial charge in [-0.25, -0.2) is 0 Å². The zero-order chi connectivity index (χ0) is 18.1. The minimum atomic E-state index is 0.399. The number of H-pyrrole nitrogens is 1. The summed E-state index contributed by atoms with van der Waals surface area (Å²) in [5.41, 5.74) is 4.52. The van der Waals surface area contributed by atoms with E-state index < -0.39 is 0 Å². The third-order valence-electron chi connectivity index (χ3n) is 5.51. The molecule has 4 nitrogen and oxygen atoms in total. The first-order chi connectivity index (χ1) is 13.4. The second-order valence-corrected chi connectivity index (χ2v) is 7.34. The van der Waals surface area contributed by atoms with Crippen molar-refractivity contribution < 1.29 is 4.52 Å². The van der Waals surface area contributed by atoms with Gasteiger partial charge in [-0.05, 0) is 36.9 Å². The van der Waals surface area contributed by atoms with Gasteiger partial charge in [-0.3, -0.25) is 4.90 Å². The molecule has 0 radical (unpaired) electrons. The molecule has 1 saturated heterocycles. The van der Waals surface area contributed by atoms with E-state index in [1.807, 2.05) is 18.2 Å². The van der Waals surface area contributed by atoms with E-state index in [1.54, 1.807) is 0 Å². The molecule has 0 spiro atoms. The summed E-state index contributed by atoms with van der Waals surface area (Å²) in [6.07, 6.45) is 3.67. The molecule has 1 aliphatic rings. The Bertz CT molecular complexity index is 1000. The molecule has 27 heavy (non-hydrogen) atoms. The normalized spacial score (nSPS) is 18.1. The fourth-order valence-electron chi connectivity index (χ4n) is 4.14. The van der Waals surface area contributed by atoms with Crippen molar-refractivity contribution in [3.63, 3.8) is 0 Å². The number of likely N-dealkylation sites (tertiary alicyclic amines) is 1. The molecule has 1 unspecified atom stereocenters. The zero-order valence-electron chi connectivity index (χ0n) is 15.3. The molecule has 136 valence electrons. The van der Waals surface area contributed by atoms with Gasteiger partial charge in [0, 0.05) is 22.8 Å². The summed E-state index contributed by atoms with van der Waals surface area (Å²) in [5, 5.41) is 5.56. The lowest BCUT2D eigenvalue weighted by Crippen LogP contribution is -2.33. The number of para-hydroxylation sites is 1. The molecule has 5 rings (SSSR count). The van der Waals surface area contributed by atoms with Crippen LogP contribution >= 0.6 is 0 Å².